The molecule has 0 radical (unpaired) electrons. The summed E-state index contributed by atoms with van der Waals surface area (Å²) >= 11 is 0. The lowest BCUT2D eigenvalue weighted by Crippen LogP contribution is -2.51. The summed E-state index contributed by atoms with van der Waals surface area (Å²) in [7, 11) is 0. The summed E-state index contributed by atoms with van der Waals surface area (Å²) in [4.78, 5) is 21.8. The van der Waals surface area contributed by atoms with Gasteiger partial charge in [0.1, 0.15) is 31.0 Å². The van der Waals surface area contributed by atoms with Crippen molar-refractivity contribution in [2.24, 2.45) is 0 Å². The lowest BCUT2D eigenvalue weighted by atomic mass is 10.0. The van der Waals surface area contributed by atoms with Gasteiger partial charge in [0, 0.05) is 31.9 Å². The summed E-state index contributed by atoms with van der Waals surface area (Å²) in [5.74, 6) is 0.134. The highest BCUT2D eigenvalue weighted by molar-refractivity contribution is 6.11. The molecular weight excluding hydrogens is 391 g/mol. The molecule has 4 N–H and O–H groups in total. The van der Waals surface area contributed by atoms with Gasteiger partial charge < -0.3 is 26.0 Å². The fraction of sp³-hybridized carbons (Fsp3) is 0.526. The fourth-order valence-electron chi connectivity index (χ4n) is 4.30. The van der Waals surface area contributed by atoms with Crippen molar-refractivity contribution in [3.05, 3.63) is 24.0 Å². The van der Waals surface area contributed by atoms with E-state index in [0.717, 1.165) is 45.1 Å². The van der Waals surface area contributed by atoms with Gasteiger partial charge in [-0.05, 0) is 18.9 Å². The lowest BCUT2D eigenvalue weighted by molar-refractivity contribution is -0.168. The van der Waals surface area contributed by atoms with Gasteiger partial charge in [0.25, 0.3) is 5.91 Å². The van der Waals surface area contributed by atoms with Gasteiger partial charge >= 0.3 is 0 Å². The SMILES string of the molecule is Nc1nn2c(c1C(=O)Nc1cnccc1N1CCC(N3COC3)CC1)NCC(F)C2. The third-order valence-electron chi connectivity index (χ3n) is 5.95. The van der Waals surface area contributed by atoms with Gasteiger partial charge in [-0.2, -0.15) is 5.10 Å². The topological polar surface area (TPSA) is 114 Å². The van der Waals surface area contributed by atoms with Crippen LogP contribution in [-0.4, -0.2) is 70.9 Å². The number of amides is 1. The van der Waals surface area contributed by atoms with Crippen LogP contribution in [0.1, 0.15) is 23.2 Å². The number of alkyl halides is 1. The number of aromatic nitrogens is 3. The molecule has 11 heteroatoms. The molecule has 0 bridgehead atoms. The van der Waals surface area contributed by atoms with E-state index in [1.54, 1.807) is 12.4 Å². The molecule has 10 nitrogen and oxygen atoms in total. The molecule has 2 aromatic heterocycles. The second-order valence-electron chi connectivity index (χ2n) is 7.89. The van der Waals surface area contributed by atoms with Crippen LogP contribution in [0.15, 0.2) is 18.5 Å². The minimum absolute atomic E-state index is 0.0760. The number of nitrogens with one attached hydrogen (secondary N) is 2. The van der Waals surface area contributed by atoms with E-state index in [1.807, 2.05) is 6.07 Å². The van der Waals surface area contributed by atoms with E-state index in [1.165, 1.54) is 4.68 Å². The van der Waals surface area contributed by atoms with Gasteiger partial charge in [0.15, 0.2) is 5.82 Å². The monoisotopic (exact) mass is 416 g/mol. The second-order valence-corrected chi connectivity index (χ2v) is 7.89. The van der Waals surface area contributed by atoms with Gasteiger partial charge in [-0.1, -0.05) is 0 Å². The van der Waals surface area contributed by atoms with Gasteiger partial charge in [0.2, 0.25) is 0 Å². The van der Waals surface area contributed by atoms with Crippen molar-refractivity contribution in [2.45, 2.75) is 31.6 Å². The Morgan fingerprint density at radius 1 is 1.33 bits per heavy atom. The highest BCUT2D eigenvalue weighted by Crippen LogP contribution is 2.32. The highest BCUT2D eigenvalue weighted by atomic mass is 19.1. The third-order valence-corrected chi connectivity index (χ3v) is 5.95. The number of hydrogen-bond donors (Lipinski definition) is 3. The van der Waals surface area contributed by atoms with Crippen LogP contribution in [0.4, 0.5) is 27.4 Å². The van der Waals surface area contributed by atoms with Crippen LogP contribution in [0.2, 0.25) is 0 Å². The van der Waals surface area contributed by atoms with E-state index in [0.29, 0.717) is 17.5 Å². The average molecular weight is 416 g/mol. The van der Waals surface area contributed by atoms with Crippen LogP contribution in [0.25, 0.3) is 0 Å². The summed E-state index contributed by atoms with van der Waals surface area (Å²) in [5.41, 5.74) is 7.74. The molecule has 2 aromatic rings. The molecule has 2 saturated heterocycles. The molecule has 1 amide bonds. The molecule has 30 heavy (non-hydrogen) atoms. The van der Waals surface area contributed by atoms with E-state index in [2.05, 4.69) is 30.5 Å². The van der Waals surface area contributed by atoms with Crippen LogP contribution in [-0.2, 0) is 11.3 Å². The maximum atomic E-state index is 13.6. The van der Waals surface area contributed by atoms with Crippen molar-refractivity contribution in [1.29, 1.82) is 0 Å². The summed E-state index contributed by atoms with van der Waals surface area (Å²) in [5, 5.41) is 9.95. The molecule has 160 valence electrons. The van der Waals surface area contributed by atoms with Crippen LogP contribution in [0.3, 0.4) is 0 Å². The first kappa shape index (κ1) is 19.1. The van der Waals surface area contributed by atoms with Crippen LogP contribution in [0.5, 0.6) is 0 Å². The number of anilines is 4. The highest BCUT2D eigenvalue weighted by Gasteiger charge is 2.31. The molecule has 0 spiro atoms. The number of halogens is 1. The molecule has 1 atom stereocenters. The zero-order chi connectivity index (χ0) is 20.7. The zero-order valence-electron chi connectivity index (χ0n) is 16.6. The van der Waals surface area contributed by atoms with Crippen LogP contribution < -0.4 is 21.3 Å². The van der Waals surface area contributed by atoms with Crippen molar-refractivity contribution in [1.82, 2.24) is 19.7 Å². The molecule has 3 aliphatic rings. The maximum absolute atomic E-state index is 13.6. The van der Waals surface area contributed by atoms with Crippen LogP contribution in [0, 0.1) is 0 Å². The quantitative estimate of drug-likeness (QED) is 0.679. The summed E-state index contributed by atoms with van der Waals surface area (Å²) in [6, 6.07) is 2.45. The Morgan fingerprint density at radius 3 is 2.87 bits per heavy atom. The Labute approximate surface area is 173 Å². The number of rotatable bonds is 4. The van der Waals surface area contributed by atoms with Gasteiger partial charge in [-0.15, -0.1) is 0 Å². The number of nitrogen functional groups attached to an aromatic ring is 1. The number of ether oxygens (including phenoxy) is 1. The first-order valence-electron chi connectivity index (χ1n) is 10.2. The van der Waals surface area contributed by atoms with Gasteiger partial charge in [0.05, 0.1) is 24.1 Å². The average Bonchev–Trinajstić information content (AvgIpc) is 3.02. The standard InChI is InChI=1S/C19H25FN8O2/c20-12-7-23-18-16(17(21)25-28(18)9-12)19(29)24-14-8-22-4-1-15(14)26-5-2-13(3-6-26)27-10-30-11-27/h1,4,8,12-13,23H,2-3,5-7,9-11H2,(H2,21,25)(H,24,29). The lowest BCUT2D eigenvalue weighted by Gasteiger charge is -2.43. The van der Waals surface area contributed by atoms with E-state index < -0.39 is 6.17 Å². The molecular formula is C19H25FN8O2. The molecule has 0 saturated carbocycles. The minimum Gasteiger partial charge on any atom is -0.381 e. The Morgan fingerprint density at radius 2 is 2.13 bits per heavy atom. The number of fused-ring (bicyclic) bond motifs is 1. The number of nitrogens with zero attached hydrogens (tertiary/aromatic N) is 5. The van der Waals surface area contributed by atoms with Gasteiger partial charge in [-0.25, -0.2) is 9.07 Å². The predicted octanol–water partition coefficient (Wildman–Crippen LogP) is 1.09. The number of piperidine rings is 1. The number of pyridine rings is 1. The molecule has 5 heterocycles. The third kappa shape index (κ3) is 3.43. The Kier molecular flexibility index (Phi) is 4.91. The Bertz CT molecular complexity index is 939. The second kappa shape index (κ2) is 7.73. The summed E-state index contributed by atoms with van der Waals surface area (Å²) in [6.45, 7) is 3.42. The van der Waals surface area contributed by atoms with Crippen molar-refractivity contribution in [3.63, 3.8) is 0 Å². The van der Waals surface area contributed by atoms with E-state index in [9.17, 15) is 9.18 Å². The van der Waals surface area contributed by atoms with Crippen molar-refractivity contribution >= 4 is 28.9 Å². The van der Waals surface area contributed by atoms with E-state index in [4.69, 9.17) is 10.5 Å². The number of nitrogens with two attached hydrogens (primary N) is 1. The number of carbonyl (C=O) groups excluding carboxylic acids is 1. The Balaban J connectivity index is 1.32. The first-order chi connectivity index (χ1) is 14.6. The molecule has 3 aliphatic heterocycles. The van der Waals surface area contributed by atoms with Crippen LogP contribution >= 0.6 is 0 Å². The summed E-state index contributed by atoms with van der Waals surface area (Å²) < 4.78 is 20.3. The zero-order valence-corrected chi connectivity index (χ0v) is 16.6. The maximum Gasteiger partial charge on any atom is 0.263 e. The molecule has 2 fully saturated rings. The largest absolute Gasteiger partial charge is 0.381 e. The van der Waals surface area contributed by atoms with E-state index in [-0.39, 0.29) is 30.4 Å². The molecule has 1 unspecified atom stereocenters. The molecule has 5 rings (SSSR count). The van der Waals surface area contributed by atoms with Crippen molar-refractivity contribution in [3.8, 4) is 0 Å². The normalized spacial score (nSPS) is 22.2. The van der Waals surface area contributed by atoms with Gasteiger partial charge in [-0.3, -0.25) is 14.7 Å². The Hall–Kier alpha value is -2.92. The predicted molar refractivity (Wildman–Crippen MR) is 110 cm³/mol. The van der Waals surface area contributed by atoms with Crippen molar-refractivity contribution < 1.29 is 13.9 Å². The summed E-state index contributed by atoms with van der Waals surface area (Å²) in [6.07, 6.45) is 4.37. The van der Waals surface area contributed by atoms with E-state index >= 15 is 0 Å². The van der Waals surface area contributed by atoms with Crippen molar-refractivity contribution in [2.75, 3.05) is 54.4 Å². The first-order valence-corrected chi connectivity index (χ1v) is 10.2. The molecule has 0 aromatic carbocycles. The number of carbonyl (C=O) groups is 1. The number of hydrogen-bond acceptors (Lipinski definition) is 8. The molecule has 0 aliphatic carbocycles. The minimum atomic E-state index is -1.07. The smallest absolute Gasteiger partial charge is 0.263 e. The fourth-order valence-corrected chi connectivity index (χ4v) is 4.30.